The van der Waals surface area contributed by atoms with Crippen molar-refractivity contribution in [3.8, 4) is 5.82 Å². The number of nitrogens with zero attached hydrogens (tertiary/aromatic N) is 5. The highest BCUT2D eigenvalue weighted by Crippen LogP contribution is 2.28. The molecular formula is C14H14BrClN6O. The molecule has 0 aromatic carbocycles. The molecule has 3 aromatic heterocycles. The second-order valence-electron chi connectivity index (χ2n) is 5.20. The number of imidazole rings is 1. The van der Waals surface area contributed by atoms with E-state index in [0.717, 1.165) is 34.7 Å². The molecule has 0 aliphatic carbocycles. The number of H-pyrrole nitrogens is 1. The van der Waals surface area contributed by atoms with E-state index in [-0.39, 0.29) is 0 Å². The van der Waals surface area contributed by atoms with Crippen LogP contribution in [0.5, 0.6) is 0 Å². The Bertz CT molecular complexity index is 841. The van der Waals surface area contributed by atoms with E-state index in [0.29, 0.717) is 30.6 Å². The van der Waals surface area contributed by atoms with E-state index in [1.807, 2.05) is 18.3 Å². The monoisotopic (exact) mass is 396 g/mol. The number of morpholine rings is 1. The highest BCUT2D eigenvalue weighted by Gasteiger charge is 2.19. The lowest BCUT2D eigenvalue weighted by atomic mass is 10.3. The molecule has 9 heteroatoms. The van der Waals surface area contributed by atoms with Crippen molar-refractivity contribution >= 4 is 44.4 Å². The Labute approximate surface area is 145 Å². The first-order valence-corrected chi connectivity index (χ1v) is 8.57. The second-order valence-corrected chi connectivity index (χ2v) is 6.28. The van der Waals surface area contributed by atoms with Crippen LogP contribution >= 0.6 is 27.5 Å². The van der Waals surface area contributed by atoms with Gasteiger partial charge in [0.15, 0.2) is 11.5 Å². The lowest BCUT2D eigenvalue weighted by Crippen LogP contribution is -2.36. The van der Waals surface area contributed by atoms with Crippen molar-refractivity contribution in [1.82, 2.24) is 24.7 Å². The quantitative estimate of drug-likeness (QED) is 0.688. The highest BCUT2D eigenvalue weighted by atomic mass is 79.9. The summed E-state index contributed by atoms with van der Waals surface area (Å²) < 4.78 is 7.93. The predicted octanol–water partition coefficient (Wildman–Crippen LogP) is 2.48. The molecule has 0 amide bonds. The average Bonchev–Trinajstić information content (AvgIpc) is 3.20. The van der Waals surface area contributed by atoms with Gasteiger partial charge in [-0.05, 0) is 22.0 Å². The first-order valence-electron chi connectivity index (χ1n) is 7.24. The normalized spacial score (nSPS) is 15.5. The van der Waals surface area contributed by atoms with E-state index >= 15 is 0 Å². The van der Waals surface area contributed by atoms with Crippen LogP contribution in [0.3, 0.4) is 0 Å². The number of halogens is 2. The van der Waals surface area contributed by atoms with E-state index in [1.54, 1.807) is 4.68 Å². The standard InChI is InChI=1S/C14H14BrClN6O/c15-10-1-2-22(20-10)12-7-9(21-3-5-23-6-4-21)13-14(19-12)18-11(8-16)17-13/h1-2,7H,3-6,8H2,(H,17,18,19). The minimum absolute atomic E-state index is 0.321. The molecule has 0 radical (unpaired) electrons. The number of aromatic nitrogens is 5. The van der Waals surface area contributed by atoms with Crippen LogP contribution in [0.1, 0.15) is 5.82 Å². The van der Waals surface area contributed by atoms with Crippen LogP contribution in [0.4, 0.5) is 5.69 Å². The molecule has 0 atom stereocenters. The van der Waals surface area contributed by atoms with Gasteiger partial charge in [-0.15, -0.1) is 11.6 Å². The molecule has 1 aliphatic rings. The van der Waals surface area contributed by atoms with Crippen molar-refractivity contribution in [2.75, 3.05) is 31.2 Å². The first-order chi connectivity index (χ1) is 11.2. The SMILES string of the molecule is ClCc1nc2nc(-n3ccc(Br)n3)cc(N3CCOCC3)c2[nH]1. The molecule has 23 heavy (non-hydrogen) atoms. The van der Waals surface area contributed by atoms with Crippen molar-refractivity contribution < 1.29 is 4.74 Å². The van der Waals surface area contributed by atoms with Crippen LogP contribution in [0.25, 0.3) is 17.0 Å². The molecular weight excluding hydrogens is 384 g/mol. The van der Waals surface area contributed by atoms with Crippen molar-refractivity contribution in [3.05, 3.63) is 28.8 Å². The van der Waals surface area contributed by atoms with Crippen molar-refractivity contribution in [1.29, 1.82) is 0 Å². The molecule has 1 N–H and O–H groups in total. The van der Waals surface area contributed by atoms with Crippen molar-refractivity contribution in [2.24, 2.45) is 0 Å². The maximum atomic E-state index is 5.92. The van der Waals surface area contributed by atoms with Gasteiger partial charge in [-0.2, -0.15) is 5.10 Å². The molecule has 1 aliphatic heterocycles. The van der Waals surface area contributed by atoms with Crippen LogP contribution in [0, 0.1) is 0 Å². The maximum absolute atomic E-state index is 5.92. The van der Waals surface area contributed by atoms with Gasteiger partial charge in [0, 0.05) is 25.4 Å². The maximum Gasteiger partial charge on any atom is 0.182 e. The van der Waals surface area contributed by atoms with Gasteiger partial charge in [0.05, 0.1) is 24.8 Å². The van der Waals surface area contributed by atoms with Gasteiger partial charge < -0.3 is 14.6 Å². The van der Waals surface area contributed by atoms with Crippen molar-refractivity contribution in [3.63, 3.8) is 0 Å². The number of alkyl halides is 1. The summed E-state index contributed by atoms with van der Waals surface area (Å²) in [5.74, 6) is 1.75. The molecule has 0 saturated carbocycles. The van der Waals surface area contributed by atoms with Gasteiger partial charge in [-0.25, -0.2) is 14.6 Å². The van der Waals surface area contributed by atoms with Gasteiger partial charge in [0.25, 0.3) is 0 Å². The summed E-state index contributed by atoms with van der Waals surface area (Å²) in [6.07, 6.45) is 1.86. The minimum atomic E-state index is 0.321. The van der Waals surface area contributed by atoms with E-state index in [1.165, 1.54) is 0 Å². The zero-order valence-electron chi connectivity index (χ0n) is 12.2. The Kier molecular flexibility index (Phi) is 3.96. The van der Waals surface area contributed by atoms with E-state index in [9.17, 15) is 0 Å². The fourth-order valence-electron chi connectivity index (χ4n) is 2.67. The summed E-state index contributed by atoms with van der Waals surface area (Å²) in [5, 5.41) is 4.36. The van der Waals surface area contributed by atoms with Crippen LogP contribution in [-0.4, -0.2) is 51.0 Å². The summed E-state index contributed by atoms with van der Waals surface area (Å²) in [7, 11) is 0. The summed E-state index contributed by atoms with van der Waals surface area (Å²) in [5.41, 5.74) is 2.59. The third-order valence-corrected chi connectivity index (χ3v) is 4.42. The van der Waals surface area contributed by atoms with Gasteiger partial charge >= 0.3 is 0 Å². The van der Waals surface area contributed by atoms with Crippen LogP contribution < -0.4 is 4.90 Å². The van der Waals surface area contributed by atoms with E-state index < -0.39 is 0 Å². The summed E-state index contributed by atoms with van der Waals surface area (Å²) >= 11 is 9.28. The van der Waals surface area contributed by atoms with Crippen LogP contribution in [0.15, 0.2) is 22.9 Å². The fourth-order valence-corrected chi connectivity index (χ4v) is 3.09. The number of ether oxygens (including phenoxy) is 1. The van der Waals surface area contributed by atoms with Crippen molar-refractivity contribution in [2.45, 2.75) is 5.88 Å². The number of hydrogen-bond donors (Lipinski definition) is 1. The first kappa shape index (κ1) is 14.9. The highest BCUT2D eigenvalue weighted by molar-refractivity contribution is 9.10. The molecule has 3 aromatic rings. The minimum Gasteiger partial charge on any atom is -0.378 e. The molecule has 0 bridgehead atoms. The number of fused-ring (bicyclic) bond motifs is 1. The predicted molar refractivity (Wildman–Crippen MR) is 91.3 cm³/mol. The van der Waals surface area contributed by atoms with Gasteiger partial charge in [0.2, 0.25) is 0 Å². The molecule has 120 valence electrons. The molecule has 7 nitrogen and oxygen atoms in total. The average molecular weight is 398 g/mol. The van der Waals surface area contributed by atoms with E-state index in [4.69, 9.17) is 16.3 Å². The van der Waals surface area contributed by atoms with Gasteiger partial charge in [-0.1, -0.05) is 0 Å². The summed E-state index contributed by atoms with van der Waals surface area (Å²) in [6.45, 7) is 3.08. The molecule has 1 fully saturated rings. The van der Waals surface area contributed by atoms with Crippen LogP contribution in [-0.2, 0) is 10.6 Å². The Hall–Kier alpha value is -1.64. The molecule has 0 spiro atoms. The Balaban J connectivity index is 1.88. The number of pyridine rings is 1. The van der Waals surface area contributed by atoms with E-state index in [2.05, 4.69) is 40.9 Å². The largest absolute Gasteiger partial charge is 0.378 e. The number of anilines is 1. The Morgan fingerprint density at radius 2 is 2.13 bits per heavy atom. The lowest BCUT2D eigenvalue weighted by Gasteiger charge is -2.29. The zero-order valence-corrected chi connectivity index (χ0v) is 14.5. The summed E-state index contributed by atoms with van der Waals surface area (Å²) in [6, 6.07) is 3.89. The smallest absolute Gasteiger partial charge is 0.182 e. The number of aromatic amines is 1. The number of hydrogen-bond acceptors (Lipinski definition) is 5. The zero-order chi connectivity index (χ0) is 15.8. The van der Waals surface area contributed by atoms with Crippen LogP contribution in [0.2, 0.25) is 0 Å². The third-order valence-electron chi connectivity index (χ3n) is 3.75. The molecule has 0 unspecified atom stereocenters. The number of nitrogens with one attached hydrogen (secondary N) is 1. The topological polar surface area (TPSA) is 71.9 Å². The molecule has 4 heterocycles. The fraction of sp³-hybridized carbons (Fsp3) is 0.357. The van der Waals surface area contributed by atoms with Gasteiger partial charge in [0.1, 0.15) is 15.9 Å². The lowest BCUT2D eigenvalue weighted by molar-refractivity contribution is 0.123. The molecule has 4 rings (SSSR count). The number of rotatable bonds is 3. The van der Waals surface area contributed by atoms with Gasteiger partial charge in [-0.3, -0.25) is 0 Å². The Morgan fingerprint density at radius 1 is 1.30 bits per heavy atom. The second kappa shape index (κ2) is 6.10. The summed E-state index contributed by atoms with van der Waals surface area (Å²) in [4.78, 5) is 14.6. The Morgan fingerprint density at radius 3 is 2.83 bits per heavy atom. The third kappa shape index (κ3) is 2.82. The molecule has 1 saturated heterocycles.